The molecule has 96 valence electrons. The molecule has 1 amide bonds. The van der Waals surface area contributed by atoms with Crippen LogP contribution in [-0.4, -0.2) is 23.7 Å². The highest BCUT2D eigenvalue weighted by atomic mass is 32.1. The largest absolute Gasteiger partial charge is 0.444 e. The van der Waals surface area contributed by atoms with Gasteiger partial charge in [-0.15, -0.1) is 11.3 Å². The third kappa shape index (κ3) is 4.60. The van der Waals surface area contributed by atoms with Gasteiger partial charge in [-0.2, -0.15) is 0 Å². The summed E-state index contributed by atoms with van der Waals surface area (Å²) >= 11 is 1.50. The number of ether oxygens (including phenoxy) is 1. The first kappa shape index (κ1) is 13.8. The SMILES string of the molecule is CNc1nc([C@H](C)NC(=O)OC(C)(C)C)cs1. The minimum absolute atomic E-state index is 0.164. The Balaban J connectivity index is 2.54. The number of anilines is 1. The molecule has 0 unspecified atom stereocenters. The molecule has 0 saturated heterocycles. The van der Waals surface area contributed by atoms with E-state index >= 15 is 0 Å². The van der Waals surface area contributed by atoms with E-state index in [4.69, 9.17) is 4.74 Å². The monoisotopic (exact) mass is 257 g/mol. The standard InChI is InChI=1S/C11H19N3O2S/c1-7(8-6-17-9(12-5)14-8)13-10(15)16-11(2,3)4/h6-7H,1-5H3,(H,12,14)(H,13,15)/t7-/m0/s1. The van der Waals surface area contributed by atoms with E-state index in [1.165, 1.54) is 11.3 Å². The minimum Gasteiger partial charge on any atom is -0.444 e. The predicted octanol–water partition coefficient (Wildman–Crippen LogP) is 2.77. The van der Waals surface area contributed by atoms with Gasteiger partial charge in [0.25, 0.3) is 0 Å². The quantitative estimate of drug-likeness (QED) is 0.874. The van der Waals surface area contributed by atoms with Crippen LogP contribution in [0, 0.1) is 0 Å². The fourth-order valence-electron chi connectivity index (χ4n) is 1.16. The number of carbonyl (C=O) groups is 1. The van der Waals surface area contributed by atoms with E-state index in [2.05, 4.69) is 15.6 Å². The smallest absolute Gasteiger partial charge is 0.408 e. The molecule has 1 aromatic heterocycles. The Morgan fingerprint density at radius 2 is 2.18 bits per heavy atom. The van der Waals surface area contributed by atoms with Crippen LogP contribution in [0.3, 0.4) is 0 Å². The molecule has 0 spiro atoms. The Morgan fingerprint density at radius 1 is 1.53 bits per heavy atom. The second-order valence-corrected chi connectivity index (χ2v) is 5.55. The van der Waals surface area contributed by atoms with E-state index in [1.807, 2.05) is 40.1 Å². The van der Waals surface area contributed by atoms with Crippen LogP contribution >= 0.6 is 11.3 Å². The summed E-state index contributed by atoms with van der Waals surface area (Å²) in [4.78, 5) is 15.9. The summed E-state index contributed by atoms with van der Waals surface area (Å²) < 4.78 is 5.17. The van der Waals surface area contributed by atoms with Crippen LogP contribution in [0.2, 0.25) is 0 Å². The van der Waals surface area contributed by atoms with Gasteiger partial charge in [-0.25, -0.2) is 9.78 Å². The number of hydrogen-bond acceptors (Lipinski definition) is 5. The lowest BCUT2D eigenvalue weighted by atomic mass is 10.2. The van der Waals surface area contributed by atoms with Gasteiger partial charge in [-0.3, -0.25) is 0 Å². The maximum atomic E-state index is 11.5. The highest BCUT2D eigenvalue weighted by Gasteiger charge is 2.19. The Morgan fingerprint density at radius 3 is 2.65 bits per heavy atom. The molecule has 1 rings (SSSR count). The third-order valence-electron chi connectivity index (χ3n) is 1.91. The number of rotatable bonds is 3. The molecule has 0 radical (unpaired) electrons. The maximum absolute atomic E-state index is 11.5. The number of amides is 1. The Kier molecular flexibility index (Phi) is 4.34. The number of nitrogens with one attached hydrogen (secondary N) is 2. The third-order valence-corrected chi connectivity index (χ3v) is 2.79. The van der Waals surface area contributed by atoms with Gasteiger partial charge in [0.2, 0.25) is 0 Å². The van der Waals surface area contributed by atoms with Gasteiger partial charge < -0.3 is 15.4 Å². The van der Waals surface area contributed by atoms with Crippen molar-refractivity contribution in [1.82, 2.24) is 10.3 Å². The second kappa shape index (κ2) is 5.35. The zero-order valence-corrected chi connectivity index (χ0v) is 11.6. The van der Waals surface area contributed by atoms with Gasteiger partial charge in [0.1, 0.15) is 5.60 Å². The second-order valence-electron chi connectivity index (χ2n) is 4.70. The van der Waals surface area contributed by atoms with Crippen LogP contribution in [-0.2, 0) is 4.74 Å². The number of aromatic nitrogens is 1. The Hall–Kier alpha value is -1.30. The van der Waals surface area contributed by atoms with E-state index in [-0.39, 0.29) is 6.04 Å². The number of alkyl carbamates (subject to hydrolysis) is 1. The molecule has 2 N–H and O–H groups in total. The van der Waals surface area contributed by atoms with Crippen LogP contribution < -0.4 is 10.6 Å². The van der Waals surface area contributed by atoms with E-state index in [0.29, 0.717) is 0 Å². The summed E-state index contributed by atoms with van der Waals surface area (Å²) in [6.07, 6.45) is -0.427. The molecule has 17 heavy (non-hydrogen) atoms. The van der Waals surface area contributed by atoms with Crippen molar-refractivity contribution in [3.05, 3.63) is 11.1 Å². The number of hydrogen-bond donors (Lipinski definition) is 2. The van der Waals surface area contributed by atoms with Crippen LogP contribution in [0.4, 0.5) is 9.93 Å². The molecule has 0 aliphatic heterocycles. The van der Waals surface area contributed by atoms with Crippen molar-refractivity contribution in [3.8, 4) is 0 Å². The summed E-state index contributed by atoms with van der Waals surface area (Å²) in [7, 11) is 1.81. The normalized spacial score (nSPS) is 13.0. The minimum atomic E-state index is -0.484. The molecule has 6 heteroatoms. The molecule has 0 saturated carbocycles. The zero-order valence-electron chi connectivity index (χ0n) is 10.8. The highest BCUT2D eigenvalue weighted by Crippen LogP contribution is 2.20. The lowest BCUT2D eigenvalue weighted by molar-refractivity contribution is 0.0507. The number of carbonyl (C=O) groups excluding carboxylic acids is 1. The Bertz CT molecular complexity index is 384. The number of thiazole rings is 1. The molecule has 1 aromatic rings. The van der Waals surface area contributed by atoms with Crippen LogP contribution in [0.1, 0.15) is 39.4 Å². The van der Waals surface area contributed by atoms with Gasteiger partial charge in [-0.05, 0) is 27.7 Å². The summed E-state index contributed by atoms with van der Waals surface area (Å²) in [5, 5.41) is 8.44. The molecule has 0 aliphatic rings. The topological polar surface area (TPSA) is 63.2 Å². The molecule has 1 heterocycles. The van der Waals surface area contributed by atoms with Gasteiger partial charge in [0.15, 0.2) is 5.13 Å². The summed E-state index contributed by atoms with van der Waals surface area (Å²) in [5.41, 5.74) is 0.340. The van der Waals surface area contributed by atoms with Crippen LogP contribution in [0.25, 0.3) is 0 Å². The first-order valence-corrected chi connectivity index (χ1v) is 6.32. The van der Waals surface area contributed by atoms with Crippen LogP contribution in [0.5, 0.6) is 0 Å². The molecular weight excluding hydrogens is 238 g/mol. The molecule has 5 nitrogen and oxygen atoms in total. The van der Waals surface area contributed by atoms with Gasteiger partial charge in [-0.1, -0.05) is 0 Å². The van der Waals surface area contributed by atoms with Crippen molar-refractivity contribution in [3.63, 3.8) is 0 Å². The zero-order chi connectivity index (χ0) is 13.1. The maximum Gasteiger partial charge on any atom is 0.408 e. The van der Waals surface area contributed by atoms with Crippen molar-refractivity contribution in [2.75, 3.05) is 12.4 Å². The molecule has 0 fully saturated rings. The van der Waals surface area contributed by atoms with Crippen molar-refractivity contribution in [1.29, 1.82) is 0 Å². The predicted molar refractivity (Wildman–Crippen MR) is 69.4 cm³/mol. The molecular formula is C11H19N3O2S. The summed E-state index contributed by atoms with van der Waals surface area (Å²) in [6, 6.07) is -0.164. The van der Waals surface area contributed by atoms with E-state index in [9.17, 15) is 4.79 Å². The highest BCUT2D eigenvalue weighted by molar-refractivity contribution is 7.13. The molecule has 1 atom stereocenters. The average Bonchev–Trinajstić information content (AvgIpc) is 2.62. The van der Waals surface area contributed by atoms with Crippen molar-refractivity contribution in [2.24, 2.45) is 0 Å². The van der Waals surface area contributed by atoms with Crippen molar-refractivity contribution < 1.29 is 9.53 Å². The average molecular weight is 257 g/mol. The first-order valence-electron chi connectivity index (χ1n) is 5.44. The van der Waals surface area contributed by atoms with Crippen molar-refractivity contribution in [2.45, 2.75) is 39.3 Å². The lowest BCUT2D eigenvalue weighted by Gasteiger charge is -2.21. The molecule has 0 aromatic carbocycles. The lowest BCUT2D eigenvalue weighted by Crippen LogP contribution is -2.34. The summed E-state index contributed by atoms with van der Waals surface area (Å²) in [5.74, 6) is 0. The van der Waals surface area contributed by atoms with Gasteiger partial charge >= 0.3 is 6.09 Å². The van der Waals surface area contributed by atoms with Crippen molar-refractivity contribution >= 4 is 22.6 Å². The summed E-state index contributed by atoms with van der Waals surface area (Å²) in [6.45, 7) is 7.37. The molecule has 0 aliphatic carbocycles. The Labute approximate surface area is 106 Å². The van der Waals surface area contributed by atoms with Crippen LogP contribution in [0.15, 0.2) is 5.38 Å². The molecule has 0 bridgehead atoms. The van der Waals surface area contributed by atoms with E-state index in [1.54, 1.807) is 0 Å². The fourth-order valence-corrected chi connectivity index (χ4v) is 1.92. The van der Waals surface area contributed by atoms with E-state index in [0.717, 1.165) is 10.8 Å². The number of nitrogens with zero attached hydrogens (tertiary/aromatic N) is 1. The van der Waals surface area contributed by atoms with E-state index < -0.39 is 11.7 Å². The van der Waals surface area contributed by atoms with Gasteiger partial charge in [0.05, 0.1) is 11.7 Å². The van der Waals surface area contributed by atoms with Gasteiger partial charge in [0, 0.05) is 12.4 Å². The first-order chi connectivity index (χ1) is 7.81. The fraction of sp³-hybridized carbons (Fsp3) is 0.636.